The van der Waals surface area contributed by atoms with E-state index in [0.29, 0.717) is 0 Å². The fourth-order valence-corrected chi connectivity index (χ4v) is 1.13. The average molecular weight is 171 g/mol. The standard InChI is InChI=1S/C4H5O4P.Na/c5-4-1-3(2-8-4)9(6)7;/h3H,1-2H2;/q;+1. The summed E-state index contributed by atoms with van der Waals surface area (Å²) in [4.78, 5) is 20.4. The van der Waals surface area contributed by atoms with E-state index >= 15 is 0 Å². The maximum absolute atomic E-state index is 10.3. The molecule has 0 radical (unpaired) electrons. The van der Waals surface area contributed by atoms with Crippen molar-refractivity contribution in [3.8, 4) is 0 Å². The molecule has 2 atom stereocenters. The number of carbonyl (C=O) groups excluding carboxylic acids is 1. The Labute approximate surface area is 81.1 Å². The molecule has 2 unspecified atom stereocenters. The van der Waals surface area contributed by atoms with Gasteiger partial charge in [0.2, 0.25) is 0 Å². The first-order chi connectivity index (χ1) is 4.20. The Morgan fingerprint density at radius 2 is 2.30 bits per heavy atom. The summed E-state index contributed by atoms with van der Waals surface area (Å²) in [7, 11) is -2.47. The van der Waals surface area contributed by atoms with Gasteiger partial charge in [0.15, 0.2) is 5.66 Å². The average Bonchev–Trinajstić information content (AvgIpc) is 2.14. The van der Waals surface area contributed by atoms with Gasteiger partial charge >= 0.3 is 43.6 Å². The maximum atomic E-state index is 10.3. The molecule has 0 aliphatic carbocycles. The van der Waals surface area contributed by atoms with Crippen LogP contribution in [0.15, 0.2) is 0 Å². The predicted molar refractivity (Wildman–Crippen MR) is 27.0 cm³/mol. The normalized spacial score (nSPS) is 25.1. The number of hydrogen-bond donors (Lipinski definition) is 0. The molecule has 0 saturated carbocycles. The Balaban J connectivity index is 0.000000810. The van der Waals surface area contributed by atoms with E-state index in [4.69, 9.17) is 0 Å². The summed E-state index contributed by atoms with van der Waals surface area (Å²) in [5.41, 5.74) is -0.576. The molecule has 1 aliphatic heterocycles. The SMILES string of the molecule is O=C1CC([P+](=O)[O-])CO1.[Na+]. The number of carbonyl (C=O) groups is 1. The minimum Gasteiger partial charge on any atom is -0.595 e. The second-order valence-electron chi connectivity index (χ2n) is 1.83. The van der Waals surface area contributed by atoms with Crippen molar-refractivity contribution < 1.29 is 48.5 Å². The molecule has 0 aromatic heterocycles. The quantitative estimate of drug-likeness (QED) is 0.232. The first kappa shape index (κ1) is 10.5. The number of esters is 1. The molecule has 1 heterocycles. The molecule has 6 heteroatoms. The molecule has 0 bridgehead atoms. The van der Waals surface area contributed by atoms with Gasteiger partial charge in [-0.3, -0.25) is 4.79 Å². The van der Waals surface area contributed by atoms with E-state index in [1.165, 1.54) is 0 Å². The molecular formula is C4H5NaO4P+. The van der Waals surface area contributed by atoms with Gasteiger partial charge in [0.05, 0.1) is 6.42 Å². The zero-order valence-corrected chi connectivity index (χ0v) is 8.47. The van der Waals surface area contributed by atoms with Crippen LogP contribution in [0.4, 0.5) is 0 Å². The Morgan fingerprint density at radius 1 is 1.70 bits per heavy atom. The molecule has 50 valence electrons. The zero-order valence-electron chi connectivity index (χ0n) is 5.57. The smallest absolute Gasteiger partial charge is 0.595 e. The molecule has 0 aromatic carbocycles. The first-order valence-corrected chi connectivity index (χ1v) is 3.74. The molecule has 1 saturated heterocycles. The predicted octanol–water partition coefficient (Wildman–Crippen LogP) is -3.59. The van der Waals surface area contributed by atoms with E-state index in [-0.39, 0.29) is 42.6 Å². The van der Waals surface area contributed by atoms with Crippen LogP contribution in [0.3, 0.4) is 0 Å². The van der Waals surface area contributed by atoms with Crippen LogP contribution in [0.1, 0.15) is 6.42 Å². The summed E-state index contributed by atoms with van der Waals surface area (Å²) in [6, 6.07) is 0. The molecule has 1 aliphatic rings. The molecule has 1 rings (SSSR count). The molecule has 0 aromatic rings. The van der Waals surface area contributed by atoms with E-state index in [1.807, 2.05) is 0 Å². The van der Waals surface area contributed by atoms with Crippen molar-refractivity contribution in [2.75, 3.05) is 6.61 Å². The van der Waals surface area contributed by atoms with Crippen molar-refractivity contribution >= 4 is 14.0 Å². The minimum atomic E-state index is -2.47. The van der Waals surface area contributed by atoms with Crippen LogP contribution in [-0.2, 0) is 14.1 Å². The Hall–Kier alpha value is 0.530. The van der Waals surface area contributed by atoms with Crippen molar-refractivity contribution in [2.24, 2.45) is 0 Å². The van der Waals surface area contributed by atoms with Crippen molar-refractivity contribution in [2.45, 2.75) is 12.1 Å². The monoisotopic (exact) mass is 171 g/mol. The molecule has 4 nitrogen and oxygen atoms in total. The van der Waals surface area contributed by atoms with Gasteiger partial charge in [-0.25, -0.2) is 0 Å². The number of rotatable bonds is 1. The second-order valence-corrected chi connectivity index (χ2v) is 3.13. The summed E-state index contributed by atoms with van der Waals surface area (Å²) in [5, 5.41) is 0. The summed E-state index contributed by atoms with van der Waals surface area (Å²) in [6.07, 6.45) is 0.0265. The van der Waals surface area contributed by atoms with Gasteiger partial charge < -0.3 is 9.63 Å². The van der Waals surface area contributed by atoms with Crippen LogP contribution in [0.2, 0.25) is 0 Å². The van der Waals surface area contributed by atoms with Gasteiger partial charge in [0, 0.05) is 0 Å². The number of ether oxygens (including phenoxy) is 1. The minimum absolute atomic E-state index is 0. The summed E-state index contributed by atoms with van der Waals surface area (Å²) < 4.78 is 14.6. The molecular weight excluding hydrogens is 166 g/mol. The first-order valence-electron chi connectivity index (χ1n) is 2.49. The van der Waals surface area contributed by atoms with Crippen LogP contribution in [0.5, 0.6) is 0 Å². The van der Waals surface area contributed by atoms with Gasteiger partial charge in [-0.1, -0.05) is 4.57 Å². The van der Waals surface area contributed by atoms with E-state index in [9.17, 15) is 14.3 Å². The topological polar surface area (TPSA) is 66.4 Å². The third-order valence-corrected chi connectivity index (χ3v) is 2.07. The van der Waals surface area contributed by atoms with E-state index < -0.39 is 19.7 Å². The largest absolute Gasteiger partial charge is 1.00 e. The van der Waals surface area contributed by atoms with Crippen LogP contribution >= 0.6 is 8.03 Å². The third-order valence-electron chi connectivity index (χ3n) is 1.14. The van der Waals surface area contributed by atoms with Crippen LogP contribution in [0, 0.1) is 0 Å². The molecule has 0 N–H and O–H groups in total. The van der Waals surface area contributed by atoms with Crippen LogP contribution in [0.25, 0.3) is 0 Å². The summed E-state index contributed by atoms with van der Waals surface area (Å²) in [6.45, 7) is 0.0392. The maximum Gasteiger partial charge on any atom is 1.00 e. The zero-order chi connectivity index (χ0) is 6.85. The van der Waals surface area contributed by atoms with Gasteiger partial charge in [0.25, 0.3) is 0 Å². The van der Waals surface area contributed by atoms with E-state index in [1.54, 1.807) is 0 Å². The fourth-order valence-electron chi connectivity index (χ4n) is 0.635. The van der Waals surface area contributed by atoms with Crippen molar-refractivity contribution in [1.29, 1.82) is 0 Å². The van der Waals surface area contributed by atoms with Gasteiger partial charge in [-0.2, -0.15) is 0 Å². The second kappa shape index (κ2) is 4.42. The Kier molecular flexibility index (Phi) is 4.65. The summed E-state index contributed by atoms with van der Waals surface area (Å²) >= 11 is 0. The van der Waals surface area contributed by atoms with E-state index in [2.05, 4.69) is 4.74 Å². The van der Waals surface area contributed by atoms with Gasteiger partial charge in [-0.15, -0.1) is 0 Å². The number of cyclic esters (lactones) is 1. The van der Waals surface area contributed by atoms with Crippen LogP contribution < -0.4 is 34.5 Å². The third kappa shape index (κ3) is 2.64. The summed E-state index contributed by atoms with van der Waals surface area (Å²) in [5.74, 6) is -0.417. The van der Waals surface area contributed by atoms with Gasteiger partial charge in [0.1, 0.15) is 6.61 Å². The Morgan fingerprint density at radius 3 is 2.50 bits per heavy atom. The fraction of sp³-hybridized carbons (Fsp3) is 0.750. The molecule has 1 fully saturated rings. The van der Waals surface area contributed by atoms with Crippen molar-refractivity contribution in [3.63, 3.8) is 0 Å². The Bertz CT molecular complexity index is 159. The van der Waals surface area contributed by atoms with E-state index in [0.717, 1.165) is 0 Å². The van der Waals surface area contributed by atoms with Crippen LogP contribution in [-0.4, -0.2) is 18.2 Å². The van der Waals surface area contributed by atoms with Crippen molar-refractivity contribution in [1.82, 2.24) is 0 Å². The van der Waals surface area contributed by atoms with Gasteiger partial charge in [-0.05, 0) is 0 Å². The van der Waals surface area contributed by atoms with Crippen molar-refractivity contribution in [3.05, 3.63) is 0 Å². The molecule has 0 spiro atoms. The number of hydrogen-bond acceptors (Lipinski definition) is 4. The molecule has 0 amide bonds. The molecule has 10 heavy (non-hydrogen) atoms.